The number of nitrogens with one attached hydrogen (secondary N) is 1. The summed E-state index contributed by atoms with van der Waals surface area (Å²) in [6.07, 6.45) is 0.945. The van der Waals surface area contributed by atoms with Crippen molar-refractivity contribution in [1.29, 1.82) is 0 Å². The first kappa shape index (κ1) is 15.7. The van der Waals surface area contributed by atoms with Crippen LogP contribution in [-0.2, 0) is 9.53 Å². The van der Waals surface area contributed by atoms with Crippen LogP contribution in [0.1, 0.15) is 47.0 Å². The van der Waals surface area contributed by atoms with E-state index in [-0.39, 0.29) is 24.5 Å². The Morgan fingerprint density at radius 2 is 1.94 bits per heavy atom. The monoisotopic (exact) mass is 245 g/mol. The zero-order valence-electron chi connectivity index (χ0n) is 11.1. The molecule has 0 saturated carbocycles. The average molecular weight is 245 g/mol. The smallest absolute Gasteiger partial charge is 0.407 e. The number of aliphatic carboxylic acids is 1. The molecule has 2 N–H and O–H groups in total. The van der Waals surface area contributed by atoms with Crippen molar-refractivity contribution in [2.45, 2.75) is 53.1 Å². The summed E-state index contributed by atoms with van der Waals surface area (Å²) in [5.41, 5.74) is -0.111. The highest BCUT2D eigenvalue weighted by atomic mass is 16.6. The average Bonchev–Trinajstić information content (AvgIpc) is 2.15. The molecule has 1 unspecified atom stereocenters. The van der Waals surface area contributed by atoms with Gasteiger partial charge in [-0.05, 0) is 11.8 Å². The lowest BCUT2D eigenvalue weighted by Gasteiger charge is -2.30. The highest BCUT2D eigenvalue weighted by molar-refractivity contribution is 5.70. The maximum absolute atomic E-state index is 11.4. The molecule has 0 heterocycles. The van der Waals surface area contributed by atoms with Crippen LogP contribution in [0, 0.1) is 5.41 Å². The highest BCUT2D eigenvalue weighted by Crippen LogP contribution is 2.25. The summed E-state index contributed by atoms with van der Waals surface area (Å²) in [4.78, 5) is 21.7. The number of carboxylic acids is 1. The first-order valence-electron chi connectivity index (χ1n) is 5.93. The Balaban J connectivity index is 4.09. The summed E-state index contributed by atoms with van der Waals surface area (Å²) in [7, 11) is 0. The van der Waals surface area contributed by atoms with Gasteiger partial charge < -0.3 is 15.2 Å². The number of amides is 1. The minimum absolute atomic E-state index is 0.0942. The van der Waals surface area contributed by atoms with E-state index in [1.165, 1.54) is 0 Å². The zero-order valence-corrected chi connectivity index (χ0v) is 11.1. The molecule has 100 valence electrons. The molecule has 5 nitrogen and oxygen atoms in total. The first-order valence-corrected chi connectivity index (χ1v) is 5.93. The van der Waals surface area contributed by atoms with Crippen molar-refractivity contribution in [2.24, 2.45) is 5.41 Å². The van der Waals surface area contributed by atoms with Gasteiger partial charge in [0.15, 0.2) is 0 Å². The lowest BCUT2D eigenvalue weighted by molar-refractivity contribution is -0.136. The van der Waals surface area contributed by atoms with Crippen LogP contribution in [0.3, 0.4) is 0 Å². The third-order valence-electron chi connectivity index (χ3n) is 2.37. The Hall–Kier alpha value is -1.26. The van der Waals surface area contributed by atoms with Crippen molar-refractivity contribution in [2.75, 3.05) is 6.54 Å². The lowest BCUT2D eigenvalue weighted by Crippen LogP contribution is -2.36. The predicted octanol–water partition coefficient (Wildman–Crippen LogP) is 2.40. The van der Waals surface area contributed by atoms with Crippen LogP contribution in [0.15, 0.2) is 0 Å². The van der Waals surface area contributed by atoms with E-state index >= 15 is 0 Å². The number of carboxylic acid groups (broad SMARTS) is 1. The maximum Gasteiger partial charge on any atom is 0.407 e. The number of hydrogen-bond donors (Lipinski definition) is 2. The summed E-state index contributed by atoms with van der Waals surface area (Å²) in [5, 5.41) is 10.9. The highest BCUT2D eigenvalue weighted by Gasteiger charge is 2.27. The van der Waals surface area contributed by atoms with Crippen LogP contribution >= 0.6 is 0 Å². The molecule has 0 spiro atoms. The minimum Gasteiger partial charge on any atom is -0.481 e. The topological polar surface area (TPSA) is 75.6 Å². The fourth-order valence-electron chi connectivity index (χ4n) is 1.37. The standard InChI is InChI=1S/C12H23NO4/c1-5-6-9(12(2,3)4)17-11(16)13-8-7-10(14)15/h9H,5-8H2,1-4H3,(H,13,16)(H,14,15). The van der Waals surface area contributed by atoms with Gasteiger partial charge in [-0.25, -0.2) is 4.79 Å². The van der Waals surface area contributed by atoms with Crippen molar-refractivity contribution in [3.05, 3.63) is 0 Å². The van der Waals surface area contributed by atoms with Crippen LogP contribution in [0.5, 0.6) is 0 Å². The number of rotatable bonds is 6. The van der Waals surface area contributed by atoms with E-state index in [4.69, 9.17) is 9.84 Å². The molecule has 0 fully saturated rings. The van der Waals surface area contributed by atoms with Gasteiger partial charge in [-0.3, -0.25) is 4.79 Å². The molecule has 0 aromatic rings. The van der Waals surface area contributed by atoms with Crippen LogP contribution < -0.4 is 5.32 Å². The second-order valence-corrected chi connectivity index (χ2v) is 5.12. The molecule has 0 aromatic heterocycles. The summed E-state index contributed by atoms with van der Waals surface area (Å²) in [5.74, 6) is -0.939. The van der Waals surface area contributed by atoms with Gasteiger partial charge >= 0.3 is 12.1 Å². The van der Waals surface area contributed by atoms with E-state index in [1.807, 2.05) is 27.7 Å². The van der Waals surface area contributed by atoms with E-state index in [9.17, 15) is 9.59 Å². The Labute approximate surface area is 103 Å². The third kappa shape index (κ3) is 7.60. The van der Waals surface area contributed by atoms with Crippen LogP contribution in [0.25, 0.3) is 0 Å². The van der Waals surface area contributed by atoms with Crippen LogP contribution in [0.4, 0.5) is 4.79 Å². The second-order valence-electron chi connectivity index (χ2n) is 5.12. The lowest BCUT2D eigenvalue weighted by atomic mass is 9.86. The molecule has 0 aliphatic heterocycles. The summed E-state index contributed by atoms with van der Waals surface area (Å²) in [6, 6.07) is 0. The van der Waals surface area contributed by atoms with Gasteiger partial charge in [-0.15, -0.1) is 0 Å². The van der Waals surface area contributed by atoms with Crippen molar-refractivity contribution >= 4 is 12.1 Å². The van der Waals surface area contributed by atoms with E-state index in [0.717, 1.165) is 12.8 Å². The molecule has 1 amide bonds. The number of alkyl carbamates (subject to hydrolysis) is 1. The maximum atomic E-state index is 11.4. The normalized spacial score (nSPS) is 12.9. The third-order valence-corrected chi connectivity index (χ3v) is 2.37. The molecular weight excluding hydrogens is 222 g/mol. The van der Waals surface area contributed by atoms with Gasteiger partial charge in [0.25, 0.3) is 0 Å². The molecular formula is C12H23NO4. The fraction of sp³-hybridized carbons (Fsp3) is 0.833. The van der Waals surface area contributed by atoms with Gasteiger partial charge in [0.1, 0.15) is 6.10 Å². The summed E-state index contributed by atoms with van der Waals surface area (Å²) >= 11 is 0. The first-order chi connectivity index (χ1) is 7.77. The van der Waals surface area contributed by atoms with Crippen molar-refractivity contribution in [1.82, 2.24) is 5.32 Å². The molecule has 0 bridgehead atoms. The van der Waals surface area contributed by atoms with Crippen molar-refractivity contribution in [3.63, 3.8) is 0 Å². The predicted molar refractivity (Wildman–Crippen MR) is 64.9 cm³/mol. The zero-order chi connectivity index (χ0) is 13.5. The molecule has 1 atom stereocenters. The summed E-state index contributed by atoms with van der Waals surface area (Å²) < 4.78 is 5.29. The second kappa shape index (κ2) is 7.14. The molecule has 0 saturated heterocycles. The van der Waals surface area contributed by atoms with Crippen LogP contribution in [0.2, 0.25) is 0 Å². The Bertz CT molecular complexity index is 258. The van der Waals surface area contributed by atoms with Gasteiger partial charge in [-0.1, -0.05) is 34.1 Å². The van der Waals surface area contributed by atoms with E-state index in [2.05, 4.69) is 5.32 Å². The Morgan fingerprint density at radius 1 is 1.35 bits per heavy atom. The fourth-order valence-corrected chi connectivity index (χ4v) is 1.37. The van der Waals surface area contributed by atoms with E-state index < -0.39 is 12.1 Å². The minimum atomic E-state index is -0.939. The number of carbonyl (C=O) groups is 2. The van der Waals surface area contributed by atoms with Crippen molar-refractivity contribution < 1.29 is 19.4 Å². The van der Waals surface area contributed by atoms with E-state index in [1.54, 1.807) is 0 Å². The van der Waals surface area contributed by atoms with E-state index in [0.29, 0.717) is 0 Å². The number of hydrogen-bond acceptors (Lipinski definition) is 3. The van der Waals surface area contributed by atoms with Gasteiger partial charge in [0, 0.05) is 6.54 Å². The van der Waals surface area contributed by atoms with Crippen molar-refractivity contribution in [3.8, 4) is 0 Å². The Kier molecular flexibility index (Phi) is 6.61. The summed E-state index contributed by atoms with van der Waals surface area (Å²) in [6.45, 7) is 8.16. The molecule has 0 aliphatic carbocycles. The molecule has 0 radical (unpaired) electrons. The number of carbonyl (C=O) groups excluding carboxylic acids is 1. The van der Waals surface area contributed by atoms with Gasteiger partial charge in [0.2, 0.25) is 0 Å². The molecule has 5 heteroatoms. The van der Waals surface area contributed by atoms with Gasteiger partial charge in [0.05, 0.1) is 6.42 Å². The largest absolute Gasteiger partial charge is 0.481 e. The number of ether oxygens (including phenoxy) is 1. The quantitative estimate of drug-likeness (QED) is 0.753. The molecule has 0 aliphatic rings. The SMILES string of the molecule is CCCC(OC(=O)NCCC(=O)O)C(C)(C)C. The van der Waals surface area contributed by atoms with Crippen LogP contribution in [-0.4, -0.2) is 29.8 Å². The molecule has 0 aromatic carbocycles. The molecule has 0 rings (SSSR count). The van der Waals surface area contributed by atoms with Gasteiger partial charge in [-0.2, -0.15) is 0 Å². The Morgan fingerprint density at radius 3 is 2.35 bits per heavy atom. The molecule has 17 heavy (non-hydrogen) atoms.